The predicted octanol–water partition coefficient (Wildman–Crippen LogP) is 2.36. The molecule has 0 aliphatic carbocycles. The van der Waals surface area contributed by atoms with Gasteiger partial charge >= 0.3 is 0 Å². The molecule has 0 radical (unpaired) electrons. The SMILES string of the molecule is CCNC(c1ccco1)C1CCOC1C. The highest BCUT2D eigenvalue weighted by Crippen LogP contribution is 2.33. The number of nitrogens with one attached hydrogen (secondary N) is 1. The van der Waals surface area contributed by atoms with E-state index in [0.29, 0.717) is 18.1 Å². The van der Waals surface area contributed by atoms with Crippen LogP contribution in [0.25, 0.3) is 0 Å². The topological polar surface area (TPSA) is 34.4 Å². The first-order chi connectivity index (χ1) is 7.33. The lowest BCUT2D eigenvalue weighted by Gasteiger charge is -2.24. The van der Waals surface area contributed by atoms with Crippen molar-refractivity contribution in [2.24, 2.45) is 5.92 Å². The van der Waals surface area contributed by atoms with E-state index in [1.165, 1.54) is 0 Å². The van der Waals surface area contributed by atoms with E-state index in [9.17, 15) is 0 Å². The molecule has 2 heterocycles. The smallest absolute Gasteiger partial charge is 0.121 e. The van der Waals surface area contributed by atoms with Crippen LogP contribution in [0.2, 0.25) is 0 Å². The van der Waals surface area contributed by atoms with Gasteiger partial charge in [0.05, 0.1) is 18.4 Å². The lowest BCUT2D eigenvalue weighted by Crippen LogP contribution is -2.31. The zero-order valence-electron chi connectivity index (χ0n) is 9.40. The highest BCUT2D eigenvalue weighted by Gasteiger charge is 2.33. The van der Waals surface area contributed by atoms with Gasteiger partial charge in [-0.25, -0.2) is 0 Å². The zero-order chi connectivity index (χ0) is 10.7. The molecule has 1 fully saturated rings. The predicted molar refractivity (Wildman–Crippen MR) is 58.6 cm³/mol. The second-order valence-corrected chi connectivity index (χ2v) is 4.08. The van der Waals surface area contributed by atoms with E-state index >= 15 is 0 Å². The van der Waals surface area contributed by atoms with Gasteiger partial charge in [0, 0.05) is 12.5 Å². The quantitative estimate of drug-likeness (QED) is 0.826. The van der Waals surface area contributed by atoms with Gasteiger partial charge in [-0.2, -0.15) is 0 Å². The molecule has 1 saturated heterocycles. The lowest BCUT2D eigenvalue weighted by molar-refractivity contribution is 0.0927. The summed E-state index contributed by atoms with van der Waals surface area (Å²) in [7, 11) is 0. The maximum atomic E-state index is 5.61. The second kappa shape index (κ2) is 4.81. The first-order valence-corrected chi connectivity index (χ1v) is 5.71. The molecular formula is C12H19NO2. The summed E-state index contributed by atoms with van der Waals surface area (Å²) in [4.78, 5) is 0. The molecule has 1 aromatic rings. The molecule has 0 amide bonds. The van der Waals surface area contributed by atoms with Crippen LogP contribution in [0.15, 0.2) is 22.8 Å². The van der Waals surface area contributed by atoms with Crippen molar-refractivity contribution in [2.75, 3.05) is 13.2 Å². The van der Waals surface area contributed by atoms with Gasteiger partial charge in [0.25, 0.3) is 0 Å². The molecule has 84 valence electrons. The zero-order valence-corrected chi connectivity index (χ0v) is 9.40. The van der Waals surface area contributed by atoms with Crippen LogP contribution in [0.5, 0.6) is 0 Å². The van der Waals surface area contributed by atoms with Crippen LogP contribution in [-0.2, 0) is 4.74 Å². The Kier molecular flexibility index (Phi) is 3.44. The third kappa shape index (κ3) is 2.24. The van der Waals surface area contributed by atoms with Crippen LogP contribution in [0.1, 0.15) is 32.1 Å². The Labute approximate surface area is 90.8 Å². The van der Waals surface area contributed by atoms with Gasteiger partial charge in [0.2, 0.25) is 0 Å². The van der Waals surface area contributed by atoms with Gasteiger partial charge in [-0.3, -0.25) is 0 Å². The van der Waals surface area contributed by atoms with Gasteiger partial charge in [-0.05, 0) is 32.0 Å². The van der Waals surface area contributed by atoms with Gasteiger partial charge < -0.3 is 14.5 Å². The second-order valence-electron chi connectivity index (χ2n) is 4.08. The molecule has 3 unspecified atom stereocenters. The largest absolute Gasteiger partial charge is 0.468 e. The minimum absolute atomic E-state index is 0.294. The highest BCUT2D eigenvalue weighted by molar-refractivity contribution is 5.07. The molecule has 3 heteroatoms. The van der Waals surface area contributed by atoms with Crippen LogP contribution < -0.4 is 5.32 Å². The first-order valence-electron chi connectivity index (χ1n) is 5.71. The molecule has 1 aromatic heterocycles. The van der Waals surface area contributed by atoms with Gasteiger partial charge in [0.1, 0.15) is 5.76 Å². The summed E-state index contributed by atoms with van der Waals surface area (Å²) in [6, 6.07) is 4.28. The molecule has 0 aromatic carbocycles. The number of hydrogen-bond donors (Lipinski definition) is 1. The van der Waals surface area contributed by atoms with E-state index in [0.717, 1.165) is 25.3 Å². The van der Waals surface area contributed by atoms with Crippen molar-refractivity contribution in [3.63, 3.8) is 0 Å². The van der Waals surface area contributed by atoms with E-state index < -0.39 is 0 Å². The third-order valence-corrected chi connectivity index (χ3v) is 3.14. The van der Waals surface area contributed by atoms with Crippen molar-refractivity contribution >= 4 is 0 Å². The molecule has 15 heavy (non-hydrogen) atoms. The molecule has 0 spiro atoms. The Morgan fingerprint density at radius 1 is 1.60 bits per heavy atom. The van der Waals surface area contributed by atoms with E-state index in [4.69, 9.17) is 9.15 Å². The Morgan fingerprint density at radius 2 is 2.47 bits per heavy atom. The van der Waals surface area contributed by atoms with Crippen LogP contribution >= 0.6 is 0 Å². The Balaban J connectivity index is 2.12. The molecule has 3 atom stereocenters. The van der Waals surface area contributed by atoms with E-state index in [-0.39, 0.29) is 0 Å². The molecule has 0 bridgehead atoms. The van der Waals surface area contributed by atoms with Crippen molar-refractivity contribution in [3.8, 4) is 0 Å². The van der Waals surface area contributed by atoms with Gasteiger partial charge in [-0.15, -0.1) is 0 Å². The van der Waals surface area contributed by atoms with Crippen molar-refractivity contribution in [1.29, 1.82) is 0 Å². The minimum Gasteiger partial charge on any atom is -0.468 e. The van der Waals surface area contributed by atoms with Crippen LogP contribution in [0, 0.1) is 5.92 Å². The van der Waals surface area contributed by atoms with Gasteiger partial charge in [0.15, 0.2) is 0 Å². The number of ether oxygens (including phenoxy) is 1. The van der Waals surface area contributed by atoms with E-state index in [2.05, 4.69) is 19.2 Å². The summed E-state index contributed by atoms with van der Waals surface area (Å²) in [5, 5.41) is 3.48. The monoisotopic (exact) mass is 209 g/mol. The highest BCUT2D eigenvalue weighted by atomic mass is 16.5. The maximum Gasteiger partial charge on any atom is 0.121 e. The molecule has 1 aliphatic heterocycles. The normalized spacial score (nSPS) is 28.1. The van der Waals surface area contributed by atoms with Crippen LogP contribution in [0.3, 0.4) is 0 Å². The van der Waals surface area contributed by atoms with E-state index in [1.54, 1.807) is 6.26 Å². The van der Waals surface area contributed by atoms with Crippen molar-refractivity contribution in [2.45, 2.75) is 32.4 Å². The molecule has 1 aliphatic rings. The summed E-state index contributed by atoms with van der Waals surface area (Å²) in [6.07, 6.45) is 3.17. The molecular weight excluding hydrogens is 190 g/mol. The summed E-state index contributed by atoms with van der Waals surface area (Å²) in [5.74, 6) is 1.55. The number of furan rings is 1. The Hall–Kier alpha value is -0.800. The lowest BCUT2D eigenvalue weighted by atomic mass is 9.92. The molecule has 0 saturated carbocycles. The standard InChI is InChI=1S/C12H19NO2/c1-3-13-12(11-5-4-7-15-11)10-6-8-14-9(10)2/h4-5,7,9-10,12-13H,3,6,8H2,1-2H3. The fraction of sp³-hybridized carbons (Fsp3) is 0.667. The average Bonchev–Trinajstić information content (AvgIpc) is 2.85. The number of rotatable bonds is 4. The minimum atomic E-state index is 0.294. The Morgan fingerprint density at radius 3 is 3.00 bits per heavy atom. The maximum absolute atomic E-state index is 5.61. The molecule has 3 nitrogen and oxygen atoms in total. The van der Waals surface area contributed by atoms with Gasteiger partial charge in [-0.1, -0.05) is 6.92 Å². The fourth-order valence-electron chi connectivity index (χ4n) is 2.34. The molecule has 2 rings (SSSR count). The summed E-state index contributed by atoms with van der Waals surface area (Å²) in [6.45, 7) is 6.09. The summed E-state index contributed by atoms with van der Waals surface area (Å²) >= 11 is 0. The number of hydrogen-bond acceptors (Lipinski definition) is 3. The third-order valence-electron chi connectivity index (χ3n) is 3.14. The van der Waals surface area contributed by atoms with Crippen molar-refractivity contribution in [3.05, 3.63) is 24.2 Å². The van der Waals surface area contributed by atoms with Crippen molar-refractivity contribution in [1.82, 2.24) is 5.32 Å². The first kappa shape index (κ1) is 10.7. The van der Waals surface area contributed by atoms with Crippen molar-refractivity contribution < 1.29 is 9.15 Å². The average molecular weight is 209 g/mol. The summed E-state index contributed by atoms with van der Waals surface area (Å²) in [5.41, 5.74) is 0. The molecule has 1 N–H and O–H groups in total. The fourth-order valence-corrected chi connectivity index (χ4v) is 2.34. The Bertz CT molecular complexity index is 284. The van der Waals surface area contributed by atoms with Crippen LogP contribution in [-0.4, -0.2) is 19.3 Å². The van der Waals surface area contributed by atoms with Crippen LogP contribution in [0.4, 0.5) is 0 Å². The van der Waals surface area contributed by atoms with E-state index in [1.807, 2.05) is 12.1 Å². The summed E-state index contributed by atoms with van der Waals surface area (Å²) < 4.78 is 11.1.